The first-order valence-electron chi connectivity index (χ1n) is 14.4. The van der Waals surface area contributed by atoms with Gasteiger partial charge in [0.15, 0.2) is 0 Å². The maximum absolute atomic E-state index is 10.7. The molecule has 0 saturated carbocycles. The van der Waals surface area contributed by atoms with Crippen molar-refractivity contribution in [1.29, 1.82) is 0 Å². The van der Waals surface area contributed by atoms with Gasteiger partial charge in [0, 0.05) is 37.2 Å². The molecule has 0 aromatic carbocycles. The largest absolute Gasteiger partial charge is 3.00 e. The van der Waals surface area contributed by atoms with E-state index in [1.54, 1.807) is 37.2 Å². The van der Waals surface area contributed by atoms with E-state index in [9.17, 15) is 75.5 Å². The number of pyridine rings is 6. The van der Waals surface area contributed by atoms with E-state index in [4.69, 9.17) is 0 Å². The summed E-state index contributed by atoms with van der Waals surface area (Å²) < 4.78 is 178. The number of aromatic nitrogens is 6. The second-order valence-electron chi connectivity index (χ2n) is 10.2. The maximum Gasteiger partial charge on any atom is 3.00 e. The quantitative estimate of drug-likeness (QED) is 0.0999. The van der Waals surface area contributed by atoms with E-state index in [1.165, 1.54) is 0 Å². The van der Waals surface area contributed by atoms with Crippen LogP contribution in [0.3, 0.4) is 0 Å². The van der Waals surface area contributed by atoms with Crippen LogP contribution in [0, 0.1) is 0 Å². The molecule has 0 N–H and O–H groups in total. The van der Waals surface area contributed by atoms with Crippen LogP contribution in [0.25, 0.3) is 34.2 Å². The second-order valence-corrected chi connectivity index (χ2v) is 15.9. The molecule has 323 valence electrons. The molecule has 28 heteroatoms. The Kier molecular flexibility index (Phi) is 16.4. The van der Waals surface area contributed by atoms with E-state index < -0.39 is 23.4 Å². The Balaban J connectivity index is 0.000000684. The van der Waals surface area contributed by atoms with Crippen molar-refractivity contribution in [3.63, 3.8) is 0 Å². The topological polar surface area (TPSA) is 77.3 Å². The maximum atomic E-state index is 9.87. The summed E-state index contributed by atoms with van der Waals surface area (Å²) in [4.78, 5) is 25.1. The van der Waals surface area contributed by atoms with Crippen molar-refractivity contribution in [3.05, 3.63) is 146 Å². The number of rotatable bonds is 3. The Hall–Kier alpha value is -4.45. The minimum Gasteiger partial charge on any atom is -0.255 e. The molecular formula is C30H24F18N6P3Ru. The molecule has 0 aliphatic rings. The van der Waals surface area contributed by atoms with Crippen LogP contribution in [0.5, 0.6) is 0 Å². The summed E-state index contributed by atoms with van der Waals surface area (Å²) in [6.07, 6.45) is 10.6. The van der Waals surface area contributed by atoms with E-state index in [1.807, 2.05) is 109 Å². The Morgan fingerprint density at radius 1 is 0.224 bits per heavy atom. The molecule has 0 aliphatic heterocycles. The molecular weight excluding hydrogens is 980 g/mol. The Bertz CT molecular complexity index is 1690. The zero-order valence-corrected chi connectivity index (χ0v) is 32.5. The van der Waals surface area contributed by atoms with Crippen LogP contribution in [0.15, 0.2) is 146 Å². The van der Waals surface area contributed by atoms with Gasteiger partial charge in [-0.3, -0.25) is 29.9 Å². The smallest absolute Gasteiger partial charge is 0.255 e. The van der Waals surface area contributed by atoms with Gasteiger partial charge < -0.3 is 0 Å². The monoisotopic (exact) mass is 1010 g/mol. The fourth-order valence-corrected chi connectivity index (χ4v) is 3.09. The first-order valence-corrected chi connectivity index (χ1v) is 20.5. The van der Waals surface area contributed by atoms with E-state index in [0.29, 0.717) is 0 Å². The zero-order chi connectivity index (χ0) is 43.9. The molecule has 0 bridgehead atoms. The molecule has 6 rings (SSSR count). The average molecular weight is 1000 g/mol. The molecule has 58 heavy (non-hydrogen) atoms. The summed E-state index contributed by atoms with van der Waals surface area (Å²) in [5.74, 6) is 0. The minimum absolute atomic E-state index is 0. The van der Waals surface area contributed by atoms with Crippen LogP contribution >= 0.6 is 23.4 Å². The van der Waals surface area contributed by atoms with Crippen LogP contribution < -0.4 is 0 Å². The molecule has 0 aliphatic carbocycles. The summed E-state index contributed by atoms with van der Waals surface area (Å²) in [5, 5.41) is 0. The van der Waals surface area contributed by atoms with Crippen molar-refractivity contribution < 1.29 is 95.0 Å². The Morgan fingerprint density at radius 3 is 0.397 bits per heavy atom. The summed E-state index contributed by atoms with van der Waals surface area (Å²) >= 11 is 0. The van der Waals surface area contributed by atoms with Crippen LogP contribution in [-0.4, -0.2) is 29.9 Å². The van der Waals surface area contributed by atoms with E-state index in [2.05, 4.69) is 29.9 Å². The predicted molar refractivity (Wildman–Crippen MR) is 183 cm³/mol. The van der Waals surface area contributed by atoms with Crippen LogP contribution in [0.2, 0.25) is 0 Å². The molecule has 0 amide bonds. The van der Waals surface area contributed by atoms with Gasteiger partial charge in [0.05, 0.1) is 34.2 Å². The summed E-state index contributed by atoms with van der Waals surface area (Å²) in [6, 6.07) is 34.8. The number of hydrogen-bond donors (Lipinski definition) is 0. The number of nitrogens with zero attached hydrogens (tertiary/aromatic N) is 6. The van der Waals surface area contributed by atoms with Gasteiger partial charge in [-0.25, -0.2) is 0 Å². The van der Waals surface area contributed by atoms with Crippen molar-refractivity contribution in [2.45, 2.75) is 0 Å². The van der Waals surface area contributed by atoms with E-state index >= 15 is 0 Å². The standard InChI is InChI=1S/3C10H8N2.3F6P.Ru/c3*1-3-7-11-9(5-1)10-6-2-4-8-12-10;3*1-7(2,3,4,5)6;/h3*1-8H;;;;/q;;;3*-1;+3. The fourth-order valence-electron chi connectivity index (χ4n) is 3.09. The first kappa shape index (κ1) is 53.6. The van der Waals surface area contributed by atoms with Gasteiger partial charge in [-0.2, -0.15) is 0 Å². The van der Waals surface area contributed by atoms with Crippen molar-refractivity contribution >= 4 is 23.4 Å². The Labute approximate surface area is 328 Å². The third-order valence-corrected chi connectivity index (χ3v) is 4.78. The zero-order valence-electron chi connectivity index (χ0n) is 28.0. The summed E-state index contributed by atoms with van der Waals surface area (Å²) in [6.45, 7) is 0. The van der Waals surface area contributed by atoms with Crippen LogP contribution in [0.4, 0.5) is 75.5 Å². The molecule has 6 aromatic heterocycles. The van der Waals surface area contributed by atoms with Crippen LogP contribution in [-0.2, 0) is 19.5 Å². The minimum atomic E-state index is -10.7. The van der Waals surface area contributed by atoms with Gasteiger partial charge in [0.1, 0.15) is 0 Å². The molecule has 0 spiro atoms. The summed E-state index contributed by atoms with van der Waals surface area (Å²) in [7, 11) is -32.0. The van der Waals surface area contributed by atoms with Gasteiger partial charge in [-0.1, -0.05) is 36.4 Å². The third-order valence-electron chi connectivity index (χ3n) is 4.78. The predicted octanol–water partition coefficient (Wildman–Crippen LogP) is 16.6. The normalized spacial score (nSPS) is 14.4. The van der Waals surface area contributed by atoms with E-state index in [-0.39, 0.29) is 19.5 Å². The van der Waals surface area contributed by atoms with Crippen molar-refractivity contribution in [3.8, 4) is 34.2 Å². The second kappa shape index (κ2) is 17.8. The molecule has 6 heterocycles. The molecule has 0 atom stereocenters. The van der Waals surface area contributed by atoms with Gasteiger partial charge in [-0.15, -0.1) is 0 Å². The van der Waals surface area contributed by atoms with Crippen molar-refractivity contribution in [2.24, 2.45) is 0 Å². The SMILES string of the molecule is F[P-](F)(F)(F)(F)F.F[P-](F)(F)(F)(F)F.F[P-](F)(F)(F)(F)F.[Ru+3].c1ccc(-c2ccccn2)nc1.c1ccc(-c2ccccn2)nc1.c1ccc(-c2ccccn2)nc1. The number of hydrogen-bond acceptors (Lipinski definition) is 6. The first-order chi connectivity index (χ1) is 25.2. The van der Waals surface area contributed by atoms with Gasteiger partial charge in [0.2, 0.25) is 0 Å². The fraction of sp³-hybridized carbons (Fsp3) is 0. The molecule has 6 nitrogen and oxygen atoms in total. The Morgan fingerprint density at radius 2 is 0.328 bits per heavy atom. The summed E-state index contributed by atoms with van der Waals surface area (Å²) in [5.41, 5.74) is 5.49. The molecule has 0 unspecified atom stereocenters. The number of halogens is 18. The van der Waals surface area contributed by atoms with E-state index in [0.717, 1.165) is 34.2 Å². The van der Waals surface area contributed by atoms with Crippen molar-refractivity contribution in [2.75, 3.05) is 0 Å². The molecule has 0 fully saturated rings. The molecule has 1 radical (unpaired) electrons. The molecule has 0 saturated heterocycles. The van der Waals surface area contributed by atoms with Crippen molar-refractivity contribution in [1.82, 2.24) is 29.9 Å². The molecule has 6 aromatic rings. The van der Waals surface area contributed by atoms with Gasteiger partial charge >= 0.3 is 118 Å². The average Bonchev–Trinajstić information content (AvgIpc) is 3.07. The van der Waals surface area contributed by atoms with Crippen LogP contribution in [0.1, 0.15) is 0 Å². The van der Waals surface area contributed by atoms with Gasteiger partial charge in [0.25, 0.3) is 0 Å². The third kappa shape index (κ3) is 42.7. The van der Waals surface area contributed by atoms with Gasteiger partial charge in [-0.05, 0) is 72.8 Å².